The Bertz CT molecular complexity index is 266. The third-order valence-corrected chi connectivity index (χ3v) is 1.50. The van der Waals surface area contributed by atoms with E-state index in [2.05, 4.69) is 10.3 Å². The zero-order valence-corrected chi connectivity index (χ0v) is 6.86. The monoisotopic (exact) mass is 190 g/mol. The number of alkyl halides is 1. The molecule has 0 amide bonds. The number of hydrogen-bond donors (Lipinski definition) is 1. The molecule has 1 atom stereocenters. The molecule has 0 aromatic heterocycles. The zero-order valence-electron chi connectivity index (χ0n) is 5.34. The number of isocyanates is 1. The molecule has 5 heteroatoms. The van der Waals surface area contributed by atoms with Gasteiger partial charge in [0.2, 0.25) is 6.08 Å². The minimum atomic E-state index is -0.417. The Morgan fingerprint density at radius 1 is 1.73 bits per heavy atom. The Morgan fingerprint density at radius 3 is 3.00 bits per heavy atom. The van der Waals surface area contributed by atoms with Crippen molar-refractivity contribution in [3.8, 4) is 0 Å². The maximum atomic E-state index is 9.82. The van der Waals surface area contributed by atoms with E-state index >= 15 is 0 Å². The molecule has 0 bridgehead atoms. The van der Waals surface area contributed by atoms with Crippen molar-refractivity contribution in [3.05, 3.63) is 23.0 Å². The van der Waals surface area contributed by atoms with Gasteiger partial charge in [-0.3, -0.25) is 0 Å². The van der Waals surface area contributed by atoms with Crippen molar-refractivity contribution in [2.75, 3.05) is 0 Å². The molecule has 0 spiro atoms. The number of halogens is 2. The number of nitrogens with one attached hydrogen (secondary N) is 1. The van der Waals surface area contributed by atoms with E-state index in [1.165, 1.54) is 12.2 Å². The second-order valence-corrected chi connectivity index (χ2v) is 2.71. The molecule has 1 unspecified atom stereocenters. The first-order valence-electron chi connectivity index (χ1n) is 2.80. The van der Waals surface area contributed by atoms with Gasteiger partial charge in [0.05, 0.1) is 5.70 Å². The summed E-state index contributed by atoms with van der Waals surface area (Å²) in [5.41, 5.74) is 0.00310. The minimum absolute atomic E-state index is 0.363. The largest absolute Gasteiger partial charge is 0.357 e. The Morgan fingerprint density at radius 2 is 2.45 bits per heavy atom. The van der Waals surface area contributed by atoms with Gasteiger partial charge in [0.25, 0.3) is 0 Å². The van der Waals surface area contributed by atoms with Gasteiger partial charge in [-0.15, -0.1) is 0 Å². The molecule has 1 rings (SSSR count). The summed E-state index contributed by atoms with van der Waals surface area (Å²) in [5, 5.41) is 3.06. The van der Waals surface area contributed by atoms with Crippen molar-refractivity contribution in [1.29, 1.82) is 0 Å². The topological polar surface area (TPSA) is 41.5 Å². The molecule has 1 N–H and O–H groups in total. The van der Waals surface area contributed by atoms with Crippen LogP contribution in [0.1, 0.15) is 0 Å². The maximum Gasteiger partial charge on any atom is 0.240 e. The second-order valence-electron chi connectivity index (χ2n) is 1.83. The highest BCUT2D eigenvalue weighted by Gasteiger charge is 2.08. The standard InChI is InChI=1S/C6H4Cl2N2O/c7-5-1-4(9-3-11)2-6(8)10-5/h1-2,5,10H. The summed E-state index contributed by atoms with van der Waals surface area (Å²) < 4.78 is 0. The van der Waals surface area contributed by atoms with Crippen molar-refractivity contribution in [2.24, 2.45) is 4.99 Å². The number of aliphatic imine (C=N–C) groups is 1. The van der Waals surface area contributed by atoms with Gasteiger partial charge in [0, 0.05) is 0 Å². The van der Waals surface area contributed by atoms with Gasteiger partial charge < -0.3 is 5.32 Å². The summed E-state index contributed by atoms with van der Waals surface area (Å²) in [5.74, 6) is 0. The van der Waals surface area contributed by atoms with E-state index in [4.69, 9.17) is 23.2 Å². The van der Waals surface area contributed by atoms with Crippen LogP contribution in [0.25, 0.3) is 0 Å². The lowest BCUT2D eigenvalue weighted by molar-refractivity contribution is 0.564. The minimum Gasteiger partial charge on any atom is -0.357 e. The fraction of sp³-hybridized carbons (Fsp3) is 0.167. The summed E-state index contributed by atoms with van der Waals surface area (Å²) >= 11 is 11.2. The van der Waals surface area contributed by atoms with Gasteiger partial charge >= 0.3 is 0 Å². The van der Waals surface area contributed by atoms with Crippen molar-refractivity contribution < 1.29 is 4.79 Å². The van der Waals surface area contributed by atoms with Crippen LogP contribution < -0.4 is 5.32 Å². The van der Waals surface area contributed by atoms with E-state index in [0.717, 1.165) is 0 Å². The average Bonchev–Trinajstić information content (AvgIpc) is 1.85. The number of hydrogen-bond acceptors (Lipinski definition) is 3. The van der Waals surface area contributed by atoms with Crippen LogP contribution in [0, 0.1) is 0 Å². The maximum absolute atomic E-state index is 9.82. The first-order valence-corrected chi connectivity index (χ1v) is 3.61. The highest BCUT2D eigenvalue weighted by molar-refractivity contribution is 6.30. The van der Waals surface area contributed by atoms with E-state index < -0.39 is 5.50 Å². The summed E-state index contributed by atoms with van der Waals surface area (Å²) in [6, 6.07) is 0. The first-order chi connectivity index (χ1) is 5.22. The quantitative estimate of drug-likeness (QED) is 0.295. The SMILES string of the molecule is O=C=NC1=CC(Cl)NC(Cl)=C1. The van der Waals surface area contributed by atoms with E-state index in [1.54, 1.807) is 6.08 Å². The fourth-order valence-electron chi connectivity index (χ4n) is 0.665. The summed E-state index contributed by atoms with van der Waals surface area (Å²) in [6.45, 7) is 0. The molecule has 58 valence electrons. The van der Waals surface area contributed by atoms with Crippen LogP contribution in [0.4, 0.5) is 0 Å². The number of rotatable bonds is 1. The molecule has 1 aliphatic heterocycles. The predicted molar refractivity (Wildman–Crippen MR) is 42.9 cm³/mol. The van der Waals surface area contributed by atoms with Crippen LogP contribution in [0.3, 0.4) is 0 Å². The van der Waals surface area contributed by atoms with E-state index in [1.807, 2.05) is 0 Å². The molecular weight excluding hydrogens is 187 g/mol. The molecule has 1 aliphatic rings. The Hall–Kier alpha value is -0.760. The van der Waals surface area contributed by atoms with Gasteiger partial charge in [-0.2, -0.15) is 4.99 Å². The van der Waals surface area contributed by atoms with Gasteiger partial charge in [0.1, 0.15) is 10.7 Å². The molecule has 0 aromatic carbocycles. The van der Waals surface area contributed by atoms with E-state index in [0.29, 0.717) is 10.9 Å². The van der Waals surface area contributed by atoms with Gasteiger partial charge in [-0.05, 0) is 12.2 Å². The number of allylic oxidation sites excluding steroid dienone is 1. The fourth-order valence-corrected chi connectivity index (χ4v) is 1.20. The third-order valence-electron chi connectivity index (χ3n) is 1.04. The lowest BCUT2D eigenvalue weighted by Crippen LogP contribution is -2.21. The zero-order chi connectivity index (χ0) is 8.27. The van der Waals surface area contributed by atoms with Crippen molar-refractivity contribution >= 4 is 29.3 Å². The van der Waals surface area contributed by atoms with Crippen LogP contribution >= 0.6 is 23.2 Å². The van der Waals surface area contributed by atoms with E-state index in [-0.39, 0.29) is 0 Å². The Kier molecular flexibility index (Phi) is 2.71. The second kappa shape index (κ2) is 3.58. The van der Waals surface area contributed by atoms with E-state index in [9.17, 15) is 4.79 Å². The third kappa shape index (κ3) is 2.39. The highest BCUT2D eigenvalue weighted by atomic mass is 35.5. The van der Waals surface area contributed by atoms with Crippen LogP contribution in [-0.4, -0.2) is 11.6 Å². The summed E-state index contributed by atoms with van der Waals surface area (Å²) in [4.78, 5) is 13.2. The first kappa shape index (κ1) is 8.34. The molecule has 11 heavy (non-hydrogen) atoms. The Balaban J connectivity index is 2.86. The van der Waals surface area contributed by atoms with Gasteiger partial charge in [0.15, 0.2) is 0 Å². The highest BCUT2D eigenvalue weighted by Crippen LogP contribution is 2.15. The molecular formula is C6H4Cl2N2O. The van der Waals surface area contributed by atoms with Gasteiger partial charge in [-0.1, -0.05) is 23.2 Å². The molecule has 0 aliphatic carbocycles. The molecule has 3 nitrogen and oxygen atoms in total. The number of nitrogens with zero attached hydrogens (tertiary/aromatic N) is 1. The molecule has 0 fully saturated rings. The number of carbonyl (C=O) groups excluding carboxylic acids is 1. The van der Waals surface area contributed by atoms with Crippen LogP contribution in [0.15, 0.2) is 28.0 Å². The smallest absolute Gasteiger partial charge is 0.240 e. The molecule has 0 saturated heterocycles. The van der Waals surface area contributed by atoms with Crippen LogP contribution in [0.5, 0.6) is 0 Å². The van der Waals surface area contributed by atoms with Crippen LogP contribution in [0.2, 0.25) is 0 Å². The van der Waals surface area contributed by atoms with Gasteiger partial charge in [-0.25, -0.2) is 4.79 Å². The number of dihydropyridines is 1. The molecule has 1 heterocycles. The molecule has 0 radical (unpaired) electrons. The Labute approximate surface area is 73.4 Å². The van der Waals surface area contributed by atoms with Crippen molar-refractivity contribution in [2.45, 2.75) is 5.50 Å². The van der Waals surface area contributed by atoms with Crippen molar-refractivity contribution in [3.63, 3.8) is 0 Å². The predicted octanol–water partition coefficient (Wildman–Crippen LogP) is 1.45. The summed E-state index contributed by atoms with van der Waals surface area (Å²) in [6.07, 6.45) is 4.44. The average molecular weight is 191 g/mol. The summed E-state index contributed by atoms with van der Waals surface area (Å²) in [7, 11) is 0. The lowest BCUT2D eigenvalue weighted by Gasteiger charge is -2.12. The molecule has 0 saturated carbocycles. The molecule has 0 aromatic rings. The lowest BCUT2D eigenvalue weighted by atomic mass is 10.3. The normalized spacial score (nSPS) is 22.5. The van der Waals surface area contributed by atoms with Crippen LogP contribution in [-0.2, 0) is 4.79 Å². The van der Waals surface area contributed by atoms with Crippen molar-refractivity contribution in [1.82, 2.24) is 5.32 Å².